The Morgan fingerprint density at radius 2 is 1.90 bits per heavy atom. The zero-order valence-corrected chi connectivity index (χ0v) is 17.8. The second-order valence-corrected chi connectivity index (χ2v) is 8.91. The molecule has 0 aromatic heterocycles. The smallest absolute Gasteiger partial charge is 0.311 e. The first-order chi connectivity index (χ1) is 14.9. The lowest BCUT2D eigenvalue weighted by Crippen LogP contribution is -2.14. The normalized spacial score (nSPS) is 22.3. The molecule has 160 valence electrons. The van der Waals surface area contributed by atoms with Gasteiger partial charge in [-0.15, -0.1) is 0 Å². The highest BCUT2D eigenvalue weighted by atomic mass is 19.1. The van der Waals surface area contributed by atoms with Crippen molar-refractivity contribution in [1.29, 1.82) is 5.26 Å². The summed E-state index contributed by atoms with van der Waals surface area (Å²) in [5, 5.41) is 9.63. The molecule has 2 aliphatic carbocycles. The molecule has 2 aliphatic rings. The van der Waals surface area contributed by atoms with E-state index in [2.05, 4.69) is 19.9 Å². The van der Waals surface area contributed by atoms with Crippen LogP contribution in [0.4, 0.5) is 4.39 Å². The van der Waals surface area contributed by atoms with Crippen molar-refractivity contribution in [3.8, 4) is 17.6 Å². The molecule has 2 saturated carbocycles. The van der Waals surface area contributed by atoms with Crippen molar-refractivity contribution in [1.82, 2.24) is 0 Å². The van der Waals surface area contributed by atoms with Gasteiger partial charge < -0.3 is 9.47 Å². The minimum atomic E-state index is -1.12. The number of nitriles is 1. The van der Waals surface area contributed by atoms with Gasteiger partial charge in [0.25, 0.3) is 0 Å². The number of hydrogen-bond acceptors (Lipinski definition) is 4. The van der Waals surface area contributed by atoms with Crippen LogP contribution >= 0.6 is 0 Å². The molecule has 0 radical (unpaired) electrons. The van der Waals surface area contributed by atoms with Crippen LogP contribution in [0.2, 0.25) is 0 Å². The Bertz CT molecular complexity index is 1030. The first-order valence-electron chi connectivity index (χ1n) is 10.7. The number of ether oxygens (including phenoxy) is 2. The van der Waals surface area contributed by atoms with Crippen molar-refractivity contribution in [3.63, 3.8) is 0 Å². The molecule has 4 rings (SSSR count). The van der Waals surface area contributed by atoms with Crippen molar-refractivity contribution in [2.45, 2.75) is 45.6 Å². The van der Waals surface area contributed by atoms with Crippen molar-refractivity contribution in [3.05, 3.63) is 71.6 Å². The molecular weight excluding hydrogens is 393 g/mol. The maximum atomic E-state index is 14.2. The van der Waals surface area contributed by atoms with Crippen LogP contribution in [0.1, 0.15) is 51.2 Å². The van der Waals surface area contributed by atoms with Gasteiger partial charge in [0, 0.05) is 5.56 Å². The second kappa shape index (κ2) is 8.55. The van der Waals surface area contributed by atoms with Gasteiger partial charge in [-0.3, -0.25) is 4.79 Å². The maximum Gasteiger partial charge on any atom is 0.311 e. The molecule has 0 aliphatic heterocycles. The Kier molecular flexibility index (Phi) is 5.82. The number of para-hydroxylation sites is 1. The number of carbonyl (C=O) groups is 1. The summed E-state index contributed by atoms with van der Waals surface area (Å²) < 4.78 is 25.4. The van der Waals surface area contributed by atoms with Gasteiger partial charge in [-0.2, -0.15) is 5.26 Å². The minimum absolute atomic E-state index is 0.0180. The summed E-state index contributed by atoms with van der Waals surface area (Å²) in [7, 11) is 0. The van der Waals surface area contributed by atoms with E-state index < -0.39 is 11.9 Å². The van der Waals surface area contributed by atoms with Gasteiger partial charge >= 0.3 is 5.97 Å². The quantitative estimate of drug-likeness (QED) is 0.396. The molecule has 0 bridgehead atoms. The van der Waals surface area contributed by atoms with Crippen LogP contribution in [0, 0.1) is 34.4 Å². The largest absolute Gasteiger partial charge is 0.454 e. The van der Waals surface area contributed by atoms with Gasteiger partial charge in [-0.25, -0.2) is 4.39 Å². The molecule has 3 atom stereocenters. The molecule has 0 saturated heterocycles. The zero-order valence-electron chi connectivity index (χ0n) is 17.8. The highest BCUT2D eigenvalue weighted by Crippen LogP contribution is 2.60. The van der Waals surface area contributed by atoms with Crippen molar-refractivity contribution in [2.24, 2.45) is 17.3 Å². The first-order valence-corrected chi connectivity index (χ1v) is 10.7. The standard InChI is InChI=1S/C26H26FNO3/c1-26(2)20(14-17-8-6-7-9-17)24(26)25(29)31-23(16-28)18-12-13-21(27)22(15-18)30-19-10-4-3-5-11-19/h3-5,10-15,20,23-24H,6-9H2,1-2H3/t20-,23+,24-/m0/s1. The SMILES string of the molecule is CC1(C)[C@H](C(=O)O[C@H](C#N)c2ccc(F)c(Oc3ccccc3)c2)[C@@H]1C=C1CCCC1. The van der Waals surface area contributed by atoms with Gasteiger partial charge in [0.15, 0.2) is 11.6 Å². The molecule has 0 amide bonds. The lowest BCUT2D eigenvalue weighted by Gasteiger charge is -2.14. The number of hydrogen-bond donors (Lipinski definition) is 0. The Morgan fingerprint density at radius 1 is 1.19 bits per heavy atom. The highest BCUT2D eigenvalue weighted by molar-refractivity contribution is 5.78. The van der Waals surface area contributed by atoms with E-state index in [0.717, 1.165) is 12.8 Å². The third-order valence-corrected chi connectivity index (χ3v) is 6.41. The number of halogens is 1. The number of nitrogens with zero attached hydrogens (tertiary/aromatic N) is 1. The fourth-order valence-corrected chi connectivity index (χ4v) is 4.42. The minimum Gasteiger partial charge on any atom is -0.454 e. The highest BCUT2D eigenvalue weighted by Gasteiger charge is 2.61. The first kappa shape index (κ1) is 21.1. The summed E-state index contributed by atoms with van der Waals surface area (Å²) in [6.07, 6.45) is 5.75. The van der Waals surface area contributed by atoms with Crippen molar-refractivity contribution < 1.29 is 18.7 Å². The Hall–Kier alpha value is -3.13. The fraction of sp³-hybridized carbons (Fsp3) is 0.385. The van der Waals surface area contributed by atoms with E-state index in [9.17, 15) is 14.4 Å². The average Bonchev–Trinajstić information content (AvgIpc) is 3.08. The molecule has 0 N–H and O–H groups in total. The molecular formula is C26H26FNO3. The third kappa shape index (κ3) is 4.49. The number of carbonyl (C=O) groups excluding carboxylic acids is 1. The van der Waals surface area contributed by atoms with E-state index in [1.165, 1.54) is 36.6 Å². The lowest BCUT2D eigenvalue weighted by molar-refractivity contribution is -0.149. The van der Waals surface area contributed by atoms with Crippen molar-refractivity contribution >= 4 is 5.97 Å². The summed E-state index contributed by atoms with van der Waals surface area (Å²) >= 11 is 0. The van der Waals surface area contributed by atoms with Crippen LogP contribution in [0.25, 0.3) is 0 Å². The number of esters is 1. The Balaban J connectivity index is 1.48. The topological polar surface area (TPSA) is 59.3 Å². The summed E-state index contributed by atoms with van der Waals surface area (Å²) in [6.45, 7) is 4.11. The van der Waals surface area contributed by atoms with Gasteiger partial charge in [0.05, 0.1) is 5.92 Å². The summed E-state index contributed by atoms with van der Waals surface area (Å²) in [4.78, 5) is 12.9. The molecule has 2 aromatic carbocycles. The Labute approximate surface area is 182 Å². The molecule has 0 unspecified atom stereocenters. The summed E-state index contributed by atoms with van der Waals surface area (Å²) in [6, 6.07) is 14.9. The van der Waals surface area contributed by atoms with E-state index >= 15 is 0 Å². The van der Waals surface area contributed by atoms with Crippen LogP contribution in [-0.2, 0) is 9.53 Å². The van der Waals surface area contributed by atoms with Gasteiger partial charge in [-0.1, -0.05) is 49.8 Å². The lowest BCUT2D eigenvalue weighted by atomic mass is 10.1. The number of benzene rings is 2. The van der Waals surface area contributed by atoms with E-state index in [1.54, 1.807) is 24.3 Å². The van der Waals surface area contributed by atoms with Crippen LogP contribution in [0.3, 0.4) is 0 Å². The molecule has 5 heteroatoms. The van der Waals surface area contributed by atoms with Crippen LogP contribution in [0.5, 0.6) is 11.5 Å². The number of rotatable bonds is 6. The van der Waals surface area contributed by atoms with Gasteiger partial charge in [-0.05, 0) is 61.3 Å². The van der Waals surface area contributed by atoms with E-state index in [0.29, 0.717) is 11.3 Å². The van der Waals surface area contributed by atoms with E-state index in [4.69, 9.17) is 9.47 Å². The molecule has 2 fully saturated rings. The zero-order chi connectivity index (χ0) is 22.0. The predicted molar refractivity (Wildman–Crippen MR) is 115 cm³/mol. The molecule has 31 heavy (non-hydrogen) atoms. The average molecular weight is 419 g/mol. The monoisotopic (exact) mass is 419 g/mol. The van der Waals surface area contributed by atoms with Crippen LogP contribution in [-0.4, -0.2) is 5.97 Å². The fourth-order valence-electron chi connectivity index (χ4n) is 4.42. The molecule has 2 aromatic rings. The summed E-state index contributed by atoms with van der Waals surface area (Å²) in [5.41, 5.74) is 1.62. The van der Waals surface area contributed by atoms with Crippen molar-refractivity contribution in [2.75, 3.05) is 0 Å². The predicted octanol–water partition coefficient (Wildman–Crippen LogP) is 6.50. The summed E-state index contributed by atoms with van der Waals surface area (Å²) in [5.74, 6) is -0.606. The van der Waals surface area contributed by atoms with Crippen LogP contribution in [0.15, 0.2) is 60.2 Å². The second-order valence-electron chi connectivity index (χ2n) is 8.91. The third-order valence-electron chi connectivity index (χ3n) is 6.41. The van der Waals surface area contributed by atoms with Crippen LogP contribution < -0.4 is 4.74 Å². The molecule has 0 spiro atoms. The number of allylic oxidation sites excluding steroid dienone is 2. The van der Waals surface area contributed by atoms with E-state index in [1.807, 2.05) is 12.1 Å². The Morgan fingerprint density at radius 3 is 2.58 bits per heavy atom. The van der Waals surface area contributed by atoms with Gasteiger partial charge in [0.1, 0.15) is 11.8 Å². The maximum absolute atomic E-state index is 14.2. The molecule has 0 heterocycles. The molecule has 4 nitrogen and oxygen atoms in total. The van der Waals surface area contributed by atoms with E-state index in [-0.39, 0.29) is 29.0 Å². The van der Waals surface area contributed by atoms with Gasteiger partial charge in [0.2, 0.25) is 6.10 Å².